The van der Waals surface area contributed by atoms with Crippen LogP contribution >= 0.6 is 0 Å². The Morgan fingerprint density at radius 3 is 2.93 bits per heavy atom. The Kier molecular flexibility index (Phi) is 4.04. The van der Waals surface area contributed by atoms with E-state index in [0.29, 0.717) is 11.8 Å². The second-order valence-corrected chi connectivity index (χ2v) is 8.25. The zero-order valence-corrected chi connectivity index (χ0v) is 15.6. The van der Waals surface area contributed by atoms with Crippen LogP contribution in [-0.4, -0.2) is 52.3 Å². The van der Waals surface area contributed by atoms with E-state index in [-0.39, 0.29) is 18.2 Å². The first kappa shape index (κ1) is 16.9. The van der Waals surface area contributed by atoms with Gasteiger partial charge in [-0.05, 0) is 48.6 Å². The number of nitrogens with one attached hydrogen (secondary N) is 2. The van der Waals surface area contributed by atoms with E-state index in [1.165, 1.54) is 16.5 Å². The van der Waals surface area contributed by atoms with E-state index < -0.39 is 0 Å². The van der Waals surface area contributed by atoms with E-state index in [4.69, 9.17) is 0 Å². The Morgan fingerprint density at radius 1 is 1.22 bits per heavy atom. The number of fused-ring (bicyclic) bond motifs is 2. The molecule has 2 aliphatic rings. The number of H-pyrrole nitrogens is 1. The minimum absolute atomic E-state index is 0.137. The van der Waals surface area contributed by atoms with Crippen LogP contribution in [0, 0.1) is 11.8 Å². The average Bonchev–Trinajstić information content (AvgIpc) is 3.37. The lowest BCUT2D eigenvalue weighted by Crippen LogP contribution is -2.52. The van der Waals surface area contributed by atoms with Gasteiger partial charge < -0.3 is 20.3 Å². The number of aliphatic hydroxyl groups excluding tert-OH is 1. The Morgan fingerprint density at radius 2 is 2.11 bits per heavy atom. The van der Waals surface area contributed by atoms with Crippen LogP contribution in [0.3, 0.4) is 0 Å². The number of rotatable bonds is 4. The molecule has 3 N–H and O–H groups in total. The van der Waals surface area contributed by atoms with Crippen molar-refractivity contribution < 1.29 is 5.11 Å². The molecule has 0 unspecified atom stereocenters. The summed E-state index contributed by atoms with van der Waals surface area (Å²) < 4.78 is 0. The highest BCUT2D eigenvalue weighted by Gasteiger charge is 2.56. The van der Waals surface area contributed by atoms with Gasteiger partial charge in [-0.3, -0.25) is 4.98 Å². The molecule has 3 aromatic rings. The molecule has 2 aliphatic heterocycles. The minimum Gasteiger partial charge on any atom is -0.394 e. The number of pyridine rings is 1. The number of aromatic nitrogens is 2. The molecule has 0 aliphatic carbocycles. The third kappa shape index (κ3) is 2.69. The number of hydrogen-bond donors (Lipinski definition) is 3. The molecular formula is C22H26N4O. The molecular weight excluding hydrogens is 336 g/mol. The molecule has 0 spiro atoms. The third-order valence-electron chi connectivity index (χ3n) is 6.64. The standard InChI is InChI=1S/C22H26N4O/c1-26-12-18-19(13-26)22(14-27,25-21(18)15-5-4-8-23-10-15)9-16-11-24-20-7-3-2-6-17(16)20/h2-8,10-11,18-19,21,24-25,27H,9,12-14H2,1H3/t18-,19+,21-,22+/m1/s1. The SMILES string of the molecule is CN1C[C@H]2[C@@H](c3cccnc3)N[C@](CO)(Cc3c[nH]c4ccccc34)[C@H]2C1. The Balaban J connectivity index is 1.54. The summed E-state index contributed by atoms with van der Waals surface area (Å²) in [5, 5.41) is 15.7. The van der Waals surface area contributed by atoms with Gasteiger partial charge in [-0.25, -0.2) is 0 Å². The van der Waals surface area contributed by atoms with Gasteiger partial charge in [-0.15, -0.1) is 0 Å². The molecule has 140 valence electrons. The van der Waals surface area contributed by atoms with E-state index in [0.717, 1.165) is 25.0 Å². The van der Waals surface area contributed by atoms with Gasteiger partial charge in [-0.1, -0.05) is 24.3 Å². The molecule has 2 saturated heterocycles. The topological polar surface area (TPSA) is 64.2 Å². The zero-order chi connectivity index (χ0) is 18.4. The first-order valence-corrected chi connectivity index (χ1v) is 9.72. The van der Waals surface area contributed by atoms with Crippen LogP contribution in [0.2, 0.25) is 0 Å². The van der Waals surface area contributed by atoms with Crippen molar-refractivity contribution >= 4 is 10.9 Å². The van der Waals surface area contributed by atoms with Crippen LogP contribution in [0.25, 0.3) is 10.9 Å². The fraction of sp³-hybridized carbons (Fsp3) is 0.409. The van der Waals surface area contributed by atoms with Crippen molar-refractivity contribution in [2.75, 3.05) is 26.7 Å². The molecule has 5 nitrogen and oxygen atoms in total. The number of aliphatic hydroxyl groups is 1. The molecule has 5 rings (SSSR count). The predicted molar refractivity (Wildman–Crippen MR) is 106 cm³/mol. The zero-order valence-electron chi connectivity index (χ0n) is 15.6. The first-order chi connectivity index (χ1) is 13.2. The van der Waals surface area contributed by atoms with Crippen molar-refractivity contribution in [3.05, 3.63) is 66.1 Å². The smallest absolute Gasteiger partial charge is 0.0620 e. The van der Waals surface area contributed by atoms with Gasteiger partial charge in [-0.2, -0.15) is 0 Å². The van der Waals surface area contributed by atoms with Crippen molar-refractivity contribution in [3.63, 3.8) is 0 Å². The molecule has 4 heterocycles. The highest BCUT2D eigenvalue weighted by Crippen LogP contribution is 2.48. The van der Waals surface area contributed by atoms with Gasteiger partial charge in [0.2, 0.25) is 0 Å². The molecule has 2 aromatic heterocycles. The van der Waals surface area contributed by atoms with Crippen molar-refractivity contribution in [2.24, 2.45) is 11.8 Å². The number of nitrogens with zero attached hydrogens (tertiary/aromatic N) is 2. The van der Waals surface area contributed by atoms with Crippen LogP contribution in [0.1, 0.15) is 17.2 Å². The molecule has 27 heavy (non-hydrogen) atoms. The molecule has 4 atom stereocenters. The predicted octanol–water partition coefficient (Wildman–Crippen LogP) is 2.36. The summed E-state index contributed by atoms with van der Waals surface area (Å²) in [6.07, 6.45) is 6.71. The molecule has 0 saturated carbocycles. The van der Waals surface area contributed by atoms with Gasteiger partial charge in [0.15, 0.2) is 0 Å². The Labute approximate surface area is 159 Å². The number of benzene rings is 1. The van der Waals surface area contributed by atoms with Crippen LogP contribution in [0.5, 0.6) is 0 Å². The van der Waals surface area contributed by atoms with E-state index in [1.807, 2.05) is 18.5 Å². The van der Waals surface area contributed by atoms with Crippen molar-refractivity contribution in [2.45, 2.75) is 18.0 Å². The van der Waals surface area contributed by atoms with Crippen LogP contribution in [0.4, 0.5) is 0 Å². The lowest BCUT2D eigenvalue weighted by atomic mass is 9.77. The first-order valence-electron chi connectivity index (χ1n) is 9.72. The van der Waals surface area contributed by atoms with Gasteiger partial charge in [0.25, 0.3) is 0 Å². The number of para-hydroxylation sites is 1. The van der Waals surface area contributed by atoms with E-state index in [9.17, 15) is 5.11 Å². The second-order valence-electron chi connectivity index (χ2n) is 8.25. The Bertz CT molecular complexity index is 940. The lowest BCUT2D eigenvalue weighted by molar-refractivity contribution is 0.129. The van der Waals surface area contributed by atoms with Gasteiger partial charge in [0.1, 0.15) is 0 Å². The van der Waals surface area contributed by atoms with Crippen LogP contribution in [0.15, 0.2) is 55.0 Å². The van der Waals surface area contributed by atoms with Crippen molar-refractivity contribution in [1.82, 2.24) is 20.2 Å². The number of aromatic amines is 1. The molecule has 0 amide bonds. The summed E-state index contributed by atoms with van der Waals surface area (Å²) in [4.78, 5) is 10.1. The monoisotopic (exact) mass is 362 g/mol. The summed E-state index contributed by atoms with van der Waals surface area (Å²) in [5.41, 5.74) is 3.33. The molecule has 5 heteroatoms. The molecule has 0 bridgehead atoms. The average molecular weight is 362 g/mol. The molecule has 0 radical (unpaired) electrons. The number of likely N-dealkylation sites (tertiary alicyclic amines) is 1. The summed E-state index contributed by atoms with van der Waals surface area (Å²) >= 11 is 0. The third-order valence-corrected chi connectivity index (χ3v) is 6.64. The van der Waals surface area contributed by atoms with Gasteiger partial charge in [0, 0.05) is 48.6 Å². The Hall–Kier alpha value is -2.21. The molecule has 2 fully saturated rings. The van der Waals surface area contributed by atoms with E-state index in [2.05, 4.69) is 63.8 Å². The minimum atomic E-state index is -0.319. The number of hydrogen-bond acceptors (Lipinski definition) is 4. The maximum atomic E-state index is 10.6. The van der Waals surface area contributed by atoms with Crippen molar-refractivity contribution in [1.29, 1.82) is 0 Å². The highest BCUT2D eigenvalue weighted by molar-refractivity contribution is 5.83. The summed E-state index contributed by atoms with van der Waals surface area (Å²) in [5.74, 6) is 0.892. The van der Waals surface area contributed by atoms with E-state index >= 15 is 0 Å². The summed E-state index contributed by atoms with van der Waals surface area (Å²) in [7, 11) is 2.19. The lowest BCUT2D eigenvalue weighted by Gasteiger charge is -2.34. The fourth-order valence-electron chi connectivity index (χ4n) is 5.39. The fourth-order valence-corrected chi connectivity index (χ4v) is 5.39. The largest absolute Gasteiger partial charge is 0.394 e. The van der Waals surface area contributed by atoms with Gasteiger partial charge in [0.05, 0.1) is 12.1 Å². The quantitative estimate of drug-likeness (QED) is 0.667. The summed E-state index contributed by atoms with van der Waals surface area (Å²) in [6, 6.07) is 12.8. The van der Waals surface area contributed by atoms with Crippen LogP contribution in [-0.2, 0) is 6.42 Å². The van der Waals surface area contributed by atoms with Gasteiger partial charge >= 0.3 is 0 Å². The van der Waals surface area contributed by atoms with Crippen LogP contribution < -0.4 is 5.32 Å². The van der Waals surface area contributed by atoms with E-state index in [1.54, 1.807) is 0 Å². The maximum Gasteiger partial charge on any atom is 0.0620 e. The second kappa shape index (κ2) is 6.44. The molecule has 1 aromatic carbocycles. The highest BCUT2D eigenvalue weighted by atomic mass is 16.3. The summed E-state index contributed by atoms with van der Waals surface area (Å²) in [6.45, 7) is 2.20. The van der Waals surface area contributed by atoms with Crippen molar-refractivity contribution in [3.8, 4) is 0 Å². The maximum absolute atomic E-state index is 10.6. The normalized spacial score (nSPS) is 30.8.